The smallest absolute Gasteiger partial charge is 0.391 e. The molecule has 0 aliphatic heterocycles. The summed E-state index contributed by atoms with van der Waals surface area (Å²) in [5.41, 5.74) is 0.936. The molecule has 0 amide bonds. The van der Waals surface area contributed by atoms with Crippen molar-refractivity contribution in [3.05, 3.63) is 75.2 Å². The SMILES string of the molecule is Cc1cccc(-n2nnn(C)c2=O)c1CON=C(c1cccc(C(F)(F)F)c1)C(C)(C)C. The number of rotatable bonds is 5. The summed E-state index contributed by atoms with van der Waals surface area (Å²) in [6.07, 6.45) is -4.46. The number of hydrogen-bond donors (Lipinski definition) is 0. The van der Waals surface area contributed by atoms with Crippen LogP contribution in [0.5, 0.6) is 0 Å². The van der Waals surface area contributed by atoms with Crippen LogP contribution in [0.3, 0.4) is 0 Å². The molecule has 0 saturated heterocycles. The van der Waals surface area contributed by atoms with E-state index in [2.05, 4.69) is 15.6 Å². The van der Waals surface area contributed by atoms with E-state index in [4.69, 9.17) is 4.84 Å². The number of hydrogen-bond acceptors (Lipinski definition) is 5. The number of alkyl halides is 3. The monoisotopic (exact) mass is 447 g/mol. The molecule has 0 N–H and O–H groups in total. The van der Waals surface area contributed by atoms with Gasteiger partial charge in [-0.05, 0) is 41.1 Å². The van der Waals surface area contributed by atoms with Crippen molar-refractivity contribution in [3.63, 3.8) is 0 Å². The lowest BCUT2D eigenvalue weighted by atomic mass is 9.85. The minimum atomic E-state index is -4.46. The first-order valence-corrected chi connectivity index (χ1v) is 9.85. The van der Waals surface area contributed by atoms with E-state index in [9.17, 15) is 18.0 Å². The Morgan fingerprint density at radius 1 is 1.09 bits per heavy atom. The number of halogens is 3. The molecule has 7 nitrogen and oxygen atoms in total. The van der Waals surface area contributed by atoms with E-state index in [-0.39, 0.29) is 6.61 Å². The molecule has 1 heterocycles. The minimum Gasteiger partial charge on any atom is -0.391 e. The lowest BCUT2D eigenvalue weighted by Crippen LogP contribution is -2.23. The van der Waals surface area contributed by atoms with E-state index in [1.807, 2.05) is 33.8 Å². The maximum absolute atomic E-state index is 13.2. The van der Waals surface area contributed by atoms with Crippen molar-refractivity contribution in [1.82, 2.24) is 19.8 Å². The average molecular weight is 447 g/mol. The molecule has 2 aromatic carbocycles. The average Bonchev–Trinajstić information content (AvgIpc) is 3.03. The molecule has 170 valence electrons. The zero-order chi connectivity index (χ0) is 23.7. The molecule has 3 aromatic rings. The first-order chi connectivity index (χ1) is 14.9. The maximum Gasteiger partial charge on any atom is 0.416 e. The molecule has 32 heavy (non-hydrogen) atoms. The van der Waals surface area contributed by atoms with Gasteiger partial charge in [0.05, 0.1) is 17.0 Å². The van der Waals surface area contributed by atoms with Gasteiger partial charge in [0.25, 0.3) is 0 Å². The number of aromatic nitrogens is 4. The Bertz CT molecular complexity index is 1200. The van der Waals surface area contributed by atoms with Gasteiger partial charge in [0.1, 0.15) is 6.61 Å². The summed E-state index contributed by atoms with van der Waals surface area (Å²) in [5.74, 6) is 0. The zero-order valence-corrected chi connectivity index (χ0v) is 18.4. The summed E-state index contributed by atoms with van der Waals surface area (Å²) in [5, 5.41) is 11.8. The summed E-state index contributed by atoms with van der Waals surface area (Å²) >= 11 is 0. The number of oxime groups is 1. The maximum atomic E-state index is 13.2. The third-order valence-electron chi connectivity index (χ3n) is 4.87. The topological polar surface area (TPSA) is 74.3 Å². The van der Waals surface area contributed by atoms with E-state index >= 15 is 0 Å². The predicted molar refractivity (Wildman–Crippen MR) is 114 cm³/mol. The van der Waals surface area contributed by atoms with Gasteiger partial charge in [-0.15, -0.1) is 0 Å². The number of benzene rings is 2. The number of aryl methyl sites for hydroxylation is 2. The van der Waals surface area contributed by atoms with Crippen LogP contribution in [0.15, 0.2) is 52.4 Å². The highest BCUT2D eigenvalue weighted by Gasteiger charge is 2.32. The highest BCUT2D eigenvalue weighted by atomic mass is 19.4. The van der Waals surface area contributed by atoms with Crippen molar-refractivity contribution in [1.29, 1.82) is 0 Å². The fraction of sp³-hybridized carbons (Fsp3) is 0.364. The van der Waals surface area contributed by atoms with Gasteiger partial charge < -0.3 is 4.84 Å². The van der Waals surface area contributed by atoms with Crippen LogP contribution in [0, 0.1) is 12.3 Å². The van der Waals surface area contributed by atoms with Crippen molar-refractivity contribution in [3.8, 4) is 5.69 Å². The normalized spacial score (nSPS) is 12.8. The second kappa shape index (κ2) is 8.60. The van der Waals surface area contributed by atoms with Gasteiger partial charge in [0, 0.05) is 23.6 Å². The molecule has 0 spiro atoms. The van der Waals surface area contributed by atoms with Crippen LogP contribution in [-0.4, -0.2) is 25.5 Å². The van der Waals surface area contributed by atoms with Crippen molar-refractivity contribution in [2.45, 2.75) is 40.5 Å². The van der Waals surface area contributed by atoms with Crippen LogP contribution in [0.2, 0.25) is 0 Å². The van der Waals surface area contributed by atoms with Crippen molar-refractivity contribution in [2.24, 2.45) is 17.6 Å². The van der Waals surface area contributed by atoms with Crippen LogP contribution >= 0.6 is 0 Å². The van der Waals surface area contributed by atoms with Gasteiger partial charge in [0.15, 0.2) is 0 Å². The molecule has 0 fully saturated rings. The van der Waals surface area contributed by atoms with Crippen molar-refractivity contribution >= 4 is 5.71 Å². The summed E-state index contributed by atoms with van der Waals surface area (Å²) < 4.78 is 41.8. The van der Waals surface area contributed by atoms with Gasteiger partial charge in [0.2, 0.25) is 0 Å². The third-order valence-corrected chi connectivity index (χ3v) is 4.87. The molecule has 10 heteroatoms. The Morgan fingerprint density at radius 2 is 1.78 bits per heavy atom. The summed E-state index contributed by atoms with van der Waals surface area (Å²) in [4.78, 5) is 17.9. The molecule has 1 aromatic heterocycles. The molecular formula is C22H24F3N5O2. The largest absolute Gasteiger partial charge is 0.416 e. The zero-order valence-electron chi connectivity index (χ0n) is 18.4. The highest BCUT2D eigenvalue weighted by molar-refractivity contribution is 6.03. The Labute approximate surface area is 183 Å². The first kappa shape index (κ1) is 23.2. The van der Waals surface area contributed by atoms with E-state index in [0.717, 1.165) is 27.1 Å². The Balaban J connectivity index is 1.96. The number of tetrazole rings is 1. The van der Waals surface area contributed by atoms with E-state index < -0.39 is 22.8 Å². The van der Waals surface area contributed by atoms with Crippen LogP contribution < -0.4 is 5.69 Å². The first-order valence-electron chi connectivity index (χ1n) is 9.85. The predicted octanol–water partition coefficient (Wildman–Crippen LogP) is 4.26. The van der Waals surface area contributed by atoms with Gasteiger partial charge in [-0.2, -0.15) is 22.5 Å². The lowest BCUT2D eigenvalue weighted by Gasteiger charge is -2.22. The Kier molecular flexibility index (Phi) is 6.25. The fourth-order valence-corrected chi connectivity index (χ4v) is 3.16. The minimum absolute atomic E-state index is 0.0104. The molecule has 0 unspecified atom stereocenters. The van der Waals surface area contributed by atoms with Crippen molar-refractivity contribution in [2.75, 3.05) is 0 Å². The quantitative estimate of drug-likeness (QED) is 0.433. The molecule has 0 aliphatic rings. The van der Waals surface area contributed by atoms with Crippen molar-refractivity contribution < 1.29 is 18.0 Å². The second-order valence-electron chi connectivity index (χ2n) is 8.41. The Morgan fingerprint density at radius 3 is 2.38 bits per heavy atom. The standard InChI is InChI=1S/C22H24F3N5O2/c1-14-8-6-11-18(30-20(31)29(5)27-28-30)17(14)13-32-26-19(21(2,3)4)15-9-7-10-16(12-15)22(23,24)25/h6-12H,13H2,1-5H3. The van der Waals surface area contributed by atoms with Gasteiger partial charge in [-0.3, -0.25) is 0 Å². The van der Waals surface area contributed by atoms with E-state index in [1.165, 1.54) is 13.1 Å². The fourth-order valence-electron chi connectivity index (χ4n) is 3.16. The molecule has 0 saturated carbocycles. The van der Waals surface area contributed by atoms with Crippen LogP contribution in [0.1, 0.15) is 43.0 Å². The van der Waals surface area contributed by atoms with Crippen LogP contribution in [0.4, 0.5) is 13.2 Å². The molecule has 3 rings (SSSR count). The second-order valence-corrected chi connectivity index (χ2v) is 8.41. The molecule has 0 bridgehead atoms. The molecule has 0 atom stereocenters. The lowest BCUT2D eigenvalue weighted by molar-refractivity contribution is -0.137. The van der Waals surface area contributed by atoms with Gasteiger partial charge >= 0.3 is 11.9 Å². The summed E-state index contributed by atoms with van der Waals surface area (Å²) in [6.45, 7) is 7.36. The van der Waals surface area contributed by atoms with E-state index in [0.29, 0.717) is 22.5 Å². The molecular weight excluding hydrogens is 423 g/mol. The molecule has 0 radical (unpaired) electrons. The third kappa shape index (κ3) is 4.90. The summed E-state index contributed by atoms with van der Waals surface area (Å²) in [6, 6.07) is 10.3. The van der Waals surface area contributed by atoms with Gasteiger partial charge in [-0.1, -0.05) is 50.2 Å². The summed E-state index contributed by atoms with van der Waals surface area (Å²) in [7, 11) is 1.49. The molecule has 0 aliphatic carbocycles. The van der Waals surface area contributed by atoms with E-state index in [1.54, 1.807) is 18.2 Å². The Hall–Kier alpha value is -3.43. The highest BCUT2D eigenvalue weighted by Crippen LogP contribution is 2.31. The number of nitrogens with zero attached hydrogens (tertiary/aromatic N) is 5. The van der Waals surface area contributed by atoms with Gasteiger partial charge in [-0.25, -0.2) is 4.79 Å². The van der Waals surface area contributed by atoms with Crippen LogP contribution in [0.25, 0.3) is 5.69 Å². The van der Waals surface area contributed by atoms with Crippen LogP contribution in [-0.2, 0) is 24.7 Å².